The third-order valence-electron chi connectivity index (χ3n) is 8.76. The normalized spacial score (nSPS) is 27.5. The number of anilines is 2. The minimum atomic E-state index is -1.30. The number of nitrogens with zero attached hydrogens (tertiary/aromatic N) is 1. The van der Waals surface area contributed by atoms with Crippen molar-refractivity contribution in [2.24, 2.45) is 11.8 Å². The van der Waals surface area contributed by atoms with E-state index in [1.54, 1.807) is 67.8 Å². The Kier molecular flexibility index (Phi) is 8.36. The van der Waals surface area contributed by atoms with Gasteiger partial charge in [-0.25, -0.2) is 0 Å². The molecule has 0 aliphatic carbocycles. The lowest BCUT2D eigenvalue weighted by Gasteiger charge is -2.37. The van der Waals surface area contributed by atoms with Crippen LogP contribution in [-0.2, 0) is 19.1 Å². The number of fused-ring (bicyclic) bond motifs is 1. The van der Waals surface area contributed by atoms with Gasteiger partial charge in [0.15, 0.2) is 0 Å². The maximum absolute atomic E-state index is 14.5. The summed E-state index contributed by atoms with van der Waals surface area (Å²) in [6, 6.07) is 21.0. The summed E-state index contributed by atoms with van der Waals surface area (Å²) in [7, 11) is 1.56. The number of rotatable bonds is 10. The number of aliphatic hydroxyl groups is 1. The van der Waals surface area contributed by atoms with Gasteiger partial charge in [-0.15, -0.1) is 0 Å². The van der Waals surface area contributed by atoms with E-state index in [4.69, 9.17) is 14.2 Å². The van der Waals surface area contributed by atoms with Crippen molar-refractivity contribution in [1.82, 2.24) is 4.90 Å². The molecule has 44 heavy (non-hydrogen) atoms. The number of halogens is 1. The van der Waals surface area contributed by atoms with E-state index >= 15 is 0 Å². The van der Waals surface area contributed by atoms with Gasteiger partial charge in [0.25, 0.3) is 0 Å². The zero-order chi connectivity index (χ0) is 31.0. The fourth-order valence-corrected chi connectivity index (χ4v) is 7.89. The molecule has 0 saturated carbocycles. The number of hydrogen-bond acceptors (Lipinski definition) is 7. The van der Waals surface area contributed by atoms with Crippen LogP contribution in [0.15, 0.2) is 78.9 Å². The van der Waals surface area contributed by atoms with E-state index < -0.39 is 54.0 Å². The highest BCUT2D eigenvalue weighted by atomic mass is 79.9. The van der Waals surface area contributed by atoms with Crippen molar-refractivity contribution in [3.8, 4) is 11.5 Å². The fourth-order valence-electron chi connectivity index (χ4n) is 6.94. The molecule has 0 aromatic heterocycles. The summed E-state index contributed by atoms with van der Waals surface area (Å²) in [6.07, 6.45) is -0.292. The summed E-state index contributed by atoms with van der Waals surface area (Å²) in [5, 5.41) is 16.5. The zero-order valence-corrected chi connectivity index (χ0v) is 25.9. The van der Waals surface area contributed by atoms with Gasteiger partial charge in [0.2, 0.25) is 17.7 Å². The first-order valence-electron chi connectivity index (χ1n) is 14.6. The van der Waals surface area contributed by atoms with Crippen LogP contribution >= 0.6 is 15.9 Å². The van der Waals surface area contributed by atoms with Crippen LogP contribution in [0.1, 0.15) is 24.9 Å². The molecular weight excluding hydrogens is 630 g/mol. The van der Waals surface area contributed by atoms with Crippen molar-refractivity contribution >= 4 is 45.0 Å². The van der Waals surface area contributed by atoms with Crippen LogP contribution in [0.3, 0.4) is 0 Å². The molecule has 11 heteroatoms. The Balaban J connectivity index is 1.37. The second-order valence-corrected chi connectivity index (χ2v) is 12.4. The second kappa shape index (κ2) is 12.2. The molecule has 3 aliphatic heterocycles. The highest BCUT2D eigenvalue weighted by molar-refractivity contribution is 9.09. The lowest BCUT2D eigenvalue weighted by molar-refractivity contribution is -0.143. The van der Waals surface area contributed by atoms with Crippen molar-refractivity contribution in [1.29, 1.82) is 0 Å². The predicted octanol–water partition coefficient (Wildman–Crippen LogP) is 4.15. The molecule has 0 radical (unpaired) electrons. The summed E-state index contributed by atoms with van der Waals surface area (Å²) in [5.74, 6) is -1.75. The van der Waals surface area contributed by atoms with Crippen molar-refractivity contribution in [3.05, 3.63) is 84.4 Å². The smallest absolute Gasteiger partial charge is 0.250 e. The lowest BCUT2D eigenvalue weighted by Crippen LogP contribution is -2.55. The minimum Gasteiger partial charge on any atom is -0.497 e. The molecule has 1 spiro atoms. The highest BCUT2D eigenvalue weighted by Gasteiger charge is 2.77. The summed E-state index contributed by atoms with van der Waals surface area (Å²) in [5.41, 5.74) is 0.434. The topological polar surface area (TPSA) is 126 Å². The molecule has 3 fully saturated rings. The number of ether oxygens (including phenoxy) is 3. The van der Waals surface area contributed by atoms with Crippen LogP contribution in [0.25, 0.3) is 0 Å². The molecule has 3 saturated heterocycles. The van der Waals surface area contributed by atoms with Gasteiger partial charge >= 0.3 is 0 Å². The van der Waals surface area contributed by atoms with Gasteiger partial charge in [-0.2, -0.15) is 0 Å². The Bertz CT molecular complexity index is 1520. The fraction of sp³-hybridized carbons (Fsp3) is 0.364. The van der Waals surface area contributed by atoms with Gasteiger partial charge < -0.3 is 34.9 Å². The van der Waals surface area contributed by atoms with Crippen molar-refractivity contribution in [3.63, 3.8) is 0 Å². The van der Waals surface area contributed by atoms with Crippen LogP contribution in [0.5, 0.6) is 11.5 Å². The molecule has 3 N–H and O–H groups in total. The molecular formula is C33H34BrN3O7. The molecule has 7 atom stereocenters. The Morgan fingerprint density at radius 3 is 2.20 bits per heavy atom. The monoisotopic (exact) mass is 663 g/mol. The standard InChI is InChI=1S/C33H34BrN3O7/c1-3-43-23-15-11-20(12-16-23)35-30(39)26-27-32(41)37(25(18-38)19-7-5-4-6-8-19)29(33(27)17-24(34)28(26)44-33)31(40)36-21-9-13-22(42-2)14-10-21/h4-16,24-29,38H,3,17-18H2,1-2H3,(H,35,39)(H,36,40)/t24?,25-,26-,27+,28-,29?,33?/m1/s1. The number of methoxy groups -OCH3 is 1. The number of nitrogens with one attached hydrogen (secondary N) is 2. The first-order valence-corrected chi connectivity index (χ1v) is 15.5. The average Bonchev–Trinajstić information content (AvgIpc) is 3.63. The molecule has 3 unspecified atom stereocenters. The maximum Gasteiger partial charge on any atom is 0.250 e. The van der Waals surface area contributed by atoms with Crippen LogP contribution in [-0.4, -0.2) is 70.6 Å². The first kappa shape index (κ1) is 30.1. The number of benzene rings is 3. The van der Waals surface area contributed by atoms with Crippen LogP contribution in [0.4, 0.5) is 11.4 Å². The summed E-state index contributed by atoms with van der Waals surface area (Å²) in [4.78, 5) is 43.8. The summed E-state index contributed by atoms with van der Waals surface area (Å²) in [6.45, 7) is 1.99. The highest BCUT2D eigenvalue weighted by Crippen LogP contribution is 2.61. The van der Waals surface area contributed by atoms with E-state index in [0.717, 1.165) is 0 Å². The minimum absolute atomic E-state index is 0.275. The Labute approximate surface area is 263 Å². The molecule has 10 nitrogen and oxygen atoms in total. The largest absolute Gasteiger partial charge is 0.497 e. The van der Waals surface area contributed by atoms with E-state index in [-0.39, 0.29) is 10.7 Å². The summed E-state index contributed by atoms with van der Waals surface area (Å²) >= 11 is 3.70. The number of likely N-dealkylation sites (tertiary alicyclic amines) is 1. The van der Waals surface area contributed by atoms with Gasteiger partial charge in [-0.05, 0) is 67.4 Å². The van der Waals surface area contributed by atoms with E-state index in [1.807, 2.05) is 25.1 Å². The third kappa shape index (κ3) is 5.12. The SMILES string of the molecule is CCOc1ccc(NC(=O)[C@H]2[C@@H]3OC4(CC3Br)C(C(=O)Nc3ccc(OC)cc3)N([C@H](CO)c3ccccc3)C(=O)[C@H]24)cc1. The predicted molar refractivity (Wildman–Crippen MR) is 167 cm³/mol. The number of carbonyl (C=O) groups excluding carboxylic acids is 3. The molecule has 3 aromatic carbocycles. The van der Waals surface area contributed by atoms with Gasteiger partial charge in [-0.1, -0.05) is 46.3 Å². The number of amides is 3. The van der Waals surface area contributed by atoms with E-state index in [2.05, 4.69) is 26.6 Å². The summed E-state index contributed by atoms with van der Waals surface area (Å²) < 4.78 is 17.3. The molecule has 3 heterocycles. The van der Waals surface area contributed by atoms with Gasteiger partial charge in [0.05, 0.1) is 44.3 Å². The number of alkyl halides is 1. The van der Waals surface area contributed by atoms with Gasteiger partial charge in [-0.3, -0.25) is 14.4 Å². The first-order chi connectivity index (χ1) is 21.3. The van der Waals surface area contributed by atoms with Gasteiger partial charge in [0.1, 0.15) is 23.1 Å². The van der Waals surface area contributed by atoms with Crippen molar-refractivity contribution in [2.75, 3.05) is 31.0 Å². The molecule has 6 rings (SSSR count). The van der Waals surface area contributed by atoms with Crippen molar-refractivity contribution < 1.29 is 33.7 Å². The number of hydrogen-bond donors (Lipinski definition) is 3. The van der Waals surface area contributed by atoms with Crippen LogP contribution in [0, 0.1) is 11.8 Å². The number of carbonyl (C=O) groups is 3. The van der Waals surface area contributed by atoms with Crippen molar-refractivity contribution in [2.45, 2.75) is 42.0 Å². The zero-order valence-electron chi connectivity index (χ0n) is 24.3. The second-order valence-electron chi connectivity index (χ2n) is 11.2. The Morgan fingerprint density at radius 1 is 1.00 bits per heavy atom. The van der Waals surface area contributed by atoms with E-state index in [0.29, 0.717) is 41.5 Å². The molecule has 3 amide bonds. The molecule has 2 bridgehead atoms. The Hall–Kier alpha value is -3.93. The van der Waals surface area contributed by atoms with Crippen LogP contribution < -0.4 is 20.1 Å². The Morgan fingerprint density at radius 2 is 1.61 bits per heavy atom. The number of aliphatic hydroxyl groups excluding tert-OH is 1. The molecule has 230 valence electrons. The van der Waals surface area contributed by atoms with E-state index in [1.165, 1.54) is 4.90 Å². The van der Waals surface area contributed by atoms with Gasteiger partial charge in [0, 0.05) is 16.2 Å². The maximum atomic E-state index is 14.5. The van der Waals surface area contributed by atoms with E-state index in [9.17, 15) is 19.5 Å². The molecule has 3 aromatic rings. The lowest BCUT2D eigenvalue weighted by atomic mass is 9.70. The third-order valence-corrected chi connectivity index (χ3v) is 9.61. The quantitative estimate of drug-likeness (QED) is 0.278. The average molecular weight is 665 g/mol. The molecule has 3 aliphatic rings. The van der Waals surface area contributed by atoms with Crippen LogP contribution in [0.2, 0.25) is 0 Å².